The van der Waals surface area contributed by atoms with Crippen molar-refractivity contribution < 1.29 is 9.53 Å². The highest BCUT2D eigenvalue weighted by Crippen LogP contribution is 2.27. The molecule has 126 valence electrons. The predicted octanol–water partition coefficient (Wildman–Crippen LogP) is 5.12. The monoisotopic (exact) mass is 370 g/mol. The zero-order valence-electron chi connectivity index (χ0n) is 13.4. The highest BCUT2D eigenvalue weighted by Gasteiger charge is 2.07. The molecule has 1 aromatic heterocycles. The minimum Gasteiger partial charge on any atom is -0.497 e. The van der Waals surface area contributed by atoms with Gasteiger partial charge in [-0.05, 0) is 29.8 Å². The number of methoxy groups -OCH3 is 1. The number of nitrogens with one attached hydrogen (secondary N) is 1. The second-order valence-corrected chi connectivity index (χ2v) is 6.38. The van der Waals surface area contributed by atoms with Crippen LogP contribution in [0, 0.1) is 0 Å². The van der Waals surface area contributed by atoms with Gasteiger partial charge in [0.05, 0.1) is 12.8 Å². The largest absolute Gasteiger partial charge is 0.497 e. The molecule has 0 aliphatic heterocycles. The number of hydrogen-bond donors (Lipinski definition) is 1. The number of hydrogen-bond acceptors (Lipinski definition) is 4. The lowest BCUT2D eigenvalue weighted by Crippen LogP contribution is -2.07. The Hall–Kier alpha value is -2.63. The van der Waals surface area contributed by atoms with Gasteiger partial charge in [0.25, 0.3) is 0 Å². The van der Waals surface area contributed by atoms with E-state index in [9.17, 15) is 4.79 Å². The van der Waals surface area contributed by atoms with E-state index in [1.165, 1.54) is 17.4 Å². The third-order valence-corrected chi connectivity index (χ3v) is 4.52. The van der Waals surface area contributed by atoms with Crippen LogP contribution >= 0.6 is 22.9 Å². The lowest BCUT2D eigenvalue weighted by Gasteiger charge is -2.01. The Kier molecular flexibility index (Phi) is 5.48. The van der Waals surface area contributed by atoms with Crippen molar-refractivity contribution in [1.29, 1.82) is 0 Å². The lowest BCUT2D eigenvalue weighted by atomic mass is 10.2. The summed E-state index contributed by atoms with van der Waals surface area (Å²) in [6.45, 7) is 0. The Morgan fingerprint density at radius 3 is 2.88 bits per heavy atom. The Bertz CT molecular complexity index is 921. The van der Waals surface area contributed by atoms with E-state index < -0.39 is 0 Å². The number of halogens is 1. The van der Waals surface area contributed by atoms with Crippen LogP contribution in [-0.4, -0.2) is 18.0 Å². The van der Waals surface area contributed by atoms with Gasteiger partial charge in [0.1, 0.15) is 5.75 Å². The average Bonchev–Trinajstić information content (AvgIpc) is 3.09. The molecule has 0 unspecified atom stereocenters. The van der Waals surface area contributed by atoms with Gasteiger partial charge in [0, 0.05) is 22.0 Å². The van der Waals surface area contributed by atoms with E-state index in [1.807, 2.05) is 47.8 Å². The fourth-order valence-electron chi connectivity index (χ4n) is 2.17. The Morgan fingerprint density at radius 1 is 1.24 bits per heavy atom. The van der Waals surface area contributed by atoms with Crippen LogP contribution in [0.2, 0.25) is 5.02 Å². The molecule has 0 radical (unpaired) electrons. The lowest BCUT2D eigenvalue weighted by molar-refractivity contribution is -0.111. The second kappa shape index (κ2) is 7.96. The van der Waals surface area contributed by atoms with Crippen LogP contribution in [0.3, 0.4) is 0 Å². The van der Waals surface area contributed by atoms with Crippen molar-refractivity contribution in [1.82, 2.24) is 4.98 Å². The van der Waals surface area contributed by atoms with Gasteiger partial charge in [0.15, 0.2) is 5.13 Å². The van der Waals surface area contributed by atoms with Gasteiger partial charge < -0.3 is 4.74 Å². The normalized spacial score (nSPS) is 10.8. The Labute approximate surface area is 154 Å². The van der Waals surface area contributed by atoms with E-state index in [-0.39, 0.29) is 5.91 Å². The van der Waals surface area contributed by atoms with Crippen molar-refractivity contribution in [2.75, 3.05) is 12.4 Å². The first kappa shape index (κ1) is 17.2. The number of nitrogens with zero attached hydrogens (tertiary/aromatic N) is 1. The van der Waals surface area contributed by atoms with Gasteiger partial charge in [0.2, 0.25) is 5.91 Å². The van der Waals surface area contributed by atoms with Gasteiger partial charge in [-0.3, -0.25) is 10.1 Å². The molecule has 0 atom stereocenters. The van der Waals surface area contributed by atoms with Crippen LogP contribution in [-0.2, 0) is 4.79 Å². The number of thiazole rings is 1. The number of carbonyl (C=O) groups excluding carboxylic acids is 1. The SMILES string of the molecule is COc1cccc(-c2csc(NC(=O)C=Cc3ccccc3Cl)n2)c1. The van der Waals surface area contributed by atoms with Gasteiger partial charge in [-0.2, -0.15) is 0 Å². The summed E-state index contributed by atoms with van der Waals surface area (Å²) in [5, 5.41) is 5.78. The van der Waals surface area contributed by atoms with Gasteiger partial charge in [-0.1, -0.05) is 41.9 Å². The maximum absolute atomic E-state index is 12.0. The molecule has 3 aromatic rings. The van der Waals surface area contributed by atoms with Crippen molar-refractivity contribution in [3.63, 3.8) is 0 Å². The van der Waals surface area contributed by atoms with E-state index >= 15 is 0 Å². The second-order valence-electron chi connectivity index (χ2n) is 5.11. The standard InChI is InChI=1S/C19H15ClN2O2S/c1-24-15-7-4-6-14(11-15)17-12-25-19(21-17)22-18(23)10-9-13-5-2-3-8-16(13)20/h2-12H,1H3,(H,21,22,23). The zero-order chi connectivity index (χ0) is 17.6. The van der Waals surface area contributed by atoms with Crippen molar-refractivity contribution in [2.45, 2.75) is 0 Å². The highest BCUT2D eigenvalue weighted by atomic mass is 35.5. The molecule has 0 aliphatic rings. The van der Waals surface area contributed by atoms with Crippen molar-refractivity contribution in [3.05, 3.63) is 70.6 Å². The molecule has 0 spiro atoms. The number of ether oxygens (including phenoxy) is 1. The number of aromatic nitrogens is 1. The summed E-state index contributed by atoms with van der Waals surface area (Å²) in [4.78, 5) is 16.5. The summed E-state index contributed by atoms with van der Waals surface area (Å²) in [5.41, 5.74) is 2.51. The van der Waals surface area contributed by atoms with Crippen LogP contribution < -0.4 is 10.1 Å². The molecule has 0 bridgehead atoms. The van der Waals surface area contributed by atoms with E-state index in [4.69, 9.17) is 16.3 Å². The van der Waals surface area contributed by atoms with Gasteiger partial charge in [-0.25, -0.2) is 4.98 Å². The number of benzene rings is 2. The molecule has 1 heterocycles. The minimum atomic E-state index is -0.258. The third kappa shape index (κ3) is 4.47. The molecule has 2 aromatic carbocycles. The summed E-state index contributed by atoms with van der Waals surface area (Å²) in [6, 6.07) is 14.9. The number of carbonyl (C=O) groups is 1. The molecule has 6 heteroatoms. The highest BCUT2D eigenvalue weighted by molar-refractivity contribution is 7.14. The summed E-state index contributed by atoms with van der Waals surface area (Å²) >= 11 is 7.43. The predicted molar refractivity (Wildman–Crippen MR) is 103 cm³/mol. The molecular weight excluding hydrogens is 356 g/mol. The maximum atomic E-state index is 12.0. The smallest absolute Gasteiger partial charge is 0.250 e. The van der Waals surface area contributed by atoms with Gasteiger partial charge >= 0.3 is 0 Å². The molecule has 25 heavy (non-hydrogen) atoms. The summed E-state index contributed by atoms with van der Waals surface area (Å²) in [6.07, 6.45) is 3.11. The van der Waals surface area contributed by atoms with Crippen LogP contribution in [0.25, 0.3) is 17.3 Å². The fourth-order valence-corrected chi connectivity index (χ4v) is 3.09. The van der Waals surface area contributed by atoms with Crippen LogP contribution in [0.5, 0.6) is 5.75 Å². The molecular formula is C19H15ClN2O2S. The third-order valence-electron chi connectivity index (χ3n) is 3.42. The van der Waals surface area contributed by atoms with E-state index in [1.54, 1.807) is 19.3 Å². The topological polar surface area (TPSA) is 51.2 Å². The first-order chi connectivity index (χ1) is 12.2. The van der Waals surface area contributed by atoms with Crippen LogP contribution in [0.1, 0.15) is 5.56 Å². The first-order valence-corrected chi connectivity index (χ1v) is 8.75. The van der Waals surface area contributed by atoms with Crippen LogP contribution in [0.4, 0.5) is 5.13 Å². The Balaban J connectivity index is 1.68. The zero-order valence-corrected chi connectivity index (χ0v) is 15.0. The number of anilines is 1. The minimum absolute atomic E-state index is 0.258. The summed E-state index contributed by atoms with van der Waals surface area (Å²) in [7, 11) is 1.62. The van der Waals surface area contributed by atoms with E-state index in [2.05, 4.69) is 10.3 Å². The van der Waals surface area contributed by atoms with Crippen LogP contribution in [0.15, 0.2) is 60.0 Å². The van der Waals surface area contributed by atoms with Crippen molar-refractivity contribution >= 4 is 40.1 Å². The average molecular weight is 371 g/mol. The van der Waals surface area contributed by atoms with Crippen molar-refractivity contribution in [2.24, 2.45) is 0 Å². The molecule has 1 amide bonds. The summed E-state index contributed by atoms with van der Waals surface area (Å²) < 4.78 is 5.22. The molecule has 1 N–H and O–H groups in total. The van der Waals surface area contributed by atoms with Gasteiger partial charge in [-0.15, -0.1) is 11.3 Å². The van der Waals surface area contributed by atoms with Crippen molar-refractivity contribution in [3.8, 4) is 17.0 Å². The molecule has 0 saturated heterocycles. The maximum Gasteiger partial charge on any atom is 0.250 e. The van der Waals surface area contributed by atoms with E-state index in [0.29, 0.717) is 10.2 Å². The molecule has 0 saturated carbocycles. The first-order valence-electron chi connectivity index (χ1n) is 7.49. The fraction of sp³-hybridized carbons (Fsp3) is 0.0526. The van der Waals surface area contributed by atoms with E-state index in [0.717, 1.165) is 22.6 Å². The number of rotatable bonds is 5. The Morgan fingerprint density at radius 2 is 2.08 bits per heavy atom. The summed E-state index contributed by atoms with van der Waals surface area (Å²) in [5.74, 6) is 0.505. The molecule has 0 fully saturated rings. The number of amides is 1. The molecule has 0 aliphatic carbocycles. The molecule has 4 nitrogen and oxygen atoms in total. The quantitative estimate of drug-likeness (QED) is 0.634. The molecule has 3 rings (SSSR count).